The number of nitrogens with zero attached hydrogens (tertiary/aromatic N) is 2. The summed E-state index contributed by atoms with van der Waals surface area (Å²) in [7, 11) is 2.73. The van der Waals surface area contributed by atoms with E-state index in [9.17, 15) is 0 Å². The zero-order chi connectivity index (χ0) is 5.98. The van der Waals surface area contributed by atoms with Gasteiger partial charge in [0.1, 0.15) is 0 Å². The molecule has 0 aromatic rings. The average Bonchev–Trinajstić information content (AvgIpc) is 1.77. The molecule has 2 nitrogen and oxygen atoms in total. The third-order valence-electron chi connectivity index (χ3n) is 1.26. The number of hydrogen-bond acceptors (Lipinski definition) is 2. The first-order valence-electron chi connectivity index (χ1n) is 2.69. The van der Waals surface area contributed by atoms with E-state index in [4.69, 9.17) is 0 Å². The van der Waals surface area contributed by atoms with Crippen LogP contribution in [0.15, 0.2) is 0 Å². The summed E-state index contributed by atoms with van der Waals surface area (Å²) in [6.07, 6.45) is 0. The molecule has 0 amide bonds. The van der Waals surface area contributed by atoms with Crippen molar-refractivity contribution in [3.05, 3.63) is 0 Å². The zero-order valence-corrected chi connectivity index (χ0v) is 7.99. The molecule has 0 spiro atoms. The Labute approximate surface area is 66.4 Å². The molecule has 1 aliphatic rings. The molecular formula is C4H10IN2P. The fraction of sp³-hybridized carbons (Fsp3) is 1.00. The lowest BCUT2D eigenvalue weighted by molar-refractivity contribution is 0.326. The van der Waals surface area contributed by atoms with Gasteiger partial charge in [-0.25, -0.2) is 3.11 Å². The van der Waals surface area contributed by atoms with Gasteiger partial charge in [-0.05, 0) is 0 Å². The first-order chi connectivity index (χ1) is 3.79. The van der Waals surface area contributed by atoms with Crippen LogP contribution >= 0.6 is 32.3 Å². The van der Waals surface area contributed by atoms with Crippen LogP contribution in [-0.2, 0) is 0 Å². The van der Waals surface area contributed by atoms with E-state index in [0.717, 1.165) is 0 Å². The summed E-state index contributed by atoms with van der Waals surface area (Å²) in [5.41, 5.74) is 0. The minimum atomic E-state index is 1.19. The van der Waals surface area contributed by atoms with E-state index in [1.807, 2.05) is 0 Å². The van der Waals surface area contributed by atoms with Crippen molar-refractivity contribution in [2.24, 2.45) is 0 Å². The second-order valence-corrected chi connectivity index (χ2v) is 4.04. The molecule has 1 atom stereocenters. The topological polar surface area (TPSA) is 6.48 Å². The van der Waals surface area contributed by atoms with Crippen LogP contribution < -0.4 is 0 Å². The summed E-state index contributed by atoms with van der Waals surface area (Å²) in [4.78, 5) is 0. The van der Waals surface area contributed by atoms with Gasteiger partial charge < -0.3 is 0 Å². The van der Waals surface area contributed by atoms with E-state index in [1.165, 1.54) is 26.2 Å². The SMILES string of the molecule is PN1CCN(I)CC1. The average molecular weight is 244 g/mol. The fourth-order valence-corrected chi connectivity index (χ4v) is 1.36. The lowest BCUT2D eigenvalue weighted by Gasteiger charge is -2.27. The number of rotatable bonds is 0. The summed E-state index contributed by atoms with van der Waals surface area (Å²) >= 11 is 2.36. The van der Waals surface area contributed by atoms with Gasteiger partial charge in [-0.2, -0.15) is 0 Å². The summed E-state index contributed by atoms with van der Waals surface area (Å²) in [5.74, 6) is 0. The molecule has 0 bridgehead atoms. The van der Waals surface area contributed by atoms with Gasteiger partial charge in [0.05, 0.1) is 0 Å². The second kappa shape index (κ2) is 3.30. The van der Waals surface area contributed by atoms with E-state index >= 15 is 0 Å². The van der Waals surface area contributed by atoms with Gasteiger partial charge in [0, 0.05) is 49.0 Å². The molecule has 0 aromatic carbocycles. The van der Waals surface area contributed by atoms with E-state index < -0.39 is 0 Å². The van der Waals surface area contributed by atoms with Crippen LogP contribution in [0.2, 0.25) is 0 Å². The molecule has 1 rings (SSSR count). The molecule has 1 heterocycles. The van der Waals surface area contributed by atoms with Crippen molar-refractivity contribution < 1.29 is 0 Å². The van der Waals surface area contributed by atoms with E-state index in [1.54, 1.807) is 0 Å². The third kappa shape index (κ3) is 2.13. The van der Waals surface area contributed by atoms with Gasteiger partial charge in [-0.1, -0.05) is 9.39 Å². The number of hydrogen-bond donors (Lipinski definition) is 0. The highest BCUT2D eigenvalue weighted by Crippen LogP contribution is 2.08. The second-order valence-electron chi connectivity index (χ2n) is 1.95. The highest BCUT2D eigenvalue weighted by atomic mass is 127. The summed E-state index contributed by atoms with van der Waals surface area (Å²) in [5, 5.41) is 0. The molecule has 1 unspecified atom stereocenters. The van der Waals surface area contributed by atoms with E-state index in [2.05, 4.69) is 40.0 Å². The molecule has 0 aromatic heterocycles. The molecule has 0 aliphatic carbocycles. The summed E-state index contributed by atoms with van der Waals surface area (Å²) in [6, 6.07) is 0. The van der Waals surface area contributed by atoms with Gasteiger partial charge >= 0.3 is 0 Å². The smallest absolute Gasteiger partial charge is 0.0212 e. The first kappa shape index (κ1) is 7.19. The van der Waals surface area contributed by atoms with Crippen molar-refractivity contribution >= 4 is 32.3 Å². The van der Waals surface area contributed by atoms with Crippen molar-refractivity contribution in [2.45, 2.75) is 0 Å². The quantitative estimate of drug-likeness (QED) is 0.352. The largest absolute Gasteiger partial charge is 0.285 e. The van der Waals surface area contributed by atoms with Crippen LogP contribution in [0.25, 0.3) is 0 Å². The van der Waals surface area contributed by atoms with Crippen molar-refractivity contribution in [2.75, 3.05) is 26.2 Å². The molecule has 0 N–H and O–H groups in total. The van der Waals surface area contributed by atoms with Crippen molar-refractivity contribution in [3.8, 4) is 0 Å². The van der Waals surface area contributed by atoms with Gasteiger partial charge in [0.2, 0.25) is 0 Å². The first-order valence-corrected chi connectivity index (χ1v) is 4.17. The monoisotopic (exact) mass is 244 g/mol. The minimum absolute atomic E-state index is 1.19. The Morgan fingerprint density at radius 3 is 2.00 bits per heavy atom. The Bertz CT molecular complexity index is 62.4. The molecular weight excluding hydrogens is 234 g/mol. The lowest BCUT2D eigenvalue weighted by atomic mass is 10.4. The summed E-state index contributed by atoms with van der Waals surface area (Å²) < 4.78 is 4.59. The predicted molar refractivity (Wildman–Crippen MR) is 46.9 cm³/mol. The maximum Gasteiger partial charge on any atom is 0.0212 e. The normalized spacial score (nSPS) is 26.2. The Morgan fingerprint density at radius 2 is 1.62 bits per heavy atom. The maximum absolute atomic E-state index is 2.73. The van der Waals surface area contributed by atoms with Gasteiger partial charge in [0.15, 0.2) is 0 Å². The van der Waals surface area contributed by atoms with Crippen LogP contribution in [0.3, 0.4) is 0 Å². The van der Waals surface area contributed by atoms with Gasteiger partial charge in [-0.15, -0.1) is 0 Å². The molecule has 1 fully saturated rings. The third-order valence-corrected chi connectivity index (χ3v) is 2.74. The van der Waals surface area contributed by atoms with E-state index in [0.29, 0.717) is 0 Å². The highest BCUT2D eigenvalue weighted by Gasteiger charge is 2.09. The maximum atomic E-state index is 2.73. The van der Waals surface area contributed by atoms with Gasteiger partial charge in [-0.3, -0.25) is 4.67 Å². The van der Waals surface area contributed by atoms with Gasteiger partial charge in [0.25, 0.3) is 0 Å². The van der Waals surface area contributed by atoms with Crippen molar-refractivity contribution in [3.63, 3.8) is 0 Å². The van der Waals surface area contributed by atoms with Crippen LogP contribution in [0, 0.1) is 0 Å². The zero-order valence-electron chi connectivity index (χ0n) is 4.68. The minimum Gasteiger partial charge on any atom is -0.285 e. The molecule has 1 saturated heterocycles. The Morgan fingerprint density at radius 1 is 1.12 bits per heavy atom. The Hall–Kier alpha value is 1.08. The Kier molecular flexibility index (Phi) is 2.97. The van der Waals surface area contributed by atoms with E-state index in [-0.39, 0.29) is 0 Å². The summed E-state index contributed by atoms with van der Waals surface area (Å²) in [6.45, 7) is 4.77. The Balaban J connectivity index is 2.19. The lowest BCUT2D eigenvalue weighted by Crippen LogP contribution is -2.36. The molecule has 0 saturated carbocycles. The highest BCUT2D eigenvalue weighted by molar-refractivity contribution is 14.1. The molecule has 0 radical (unpaired) electrons. The van der Waals surface area contributed by atoms with Crippen molar-refractivity contribution in [1.29, 1.82) is 0 Å². The van der Waals surface area contributed by atoms with Crippen molar-refractivity contribution in [1.82, 2.24) is 7.78 Å². The number of piperazine rings is 1. The number of halogens is 1. The molecule has 4 heteroatoms. The van der Waals surface area contributed by atoms with Crippen LogP contribution in [0.5, 0.6) is 0 Å². The predicted octanol–water partition coefficient (Wildman–Crippen LogP) is 0.744. The van der Waals surface area contributed by atoms with Crippen LogP contribution in [0.1, 0.15) is 0 Å². The molecule has 48 valence electrons. The molecule has 8 heavy (non-hydrogen) atoms. The van der Waals surface area contributed by atoms with Crippen LogP contribution in [0.4, 0.5) is 0 Å². The fourth-order valence-electron chi connectivity index (χ4n) is 0.698. The van der Waals surface area contributed by atoms with Crippen LogP contribution in [-0.4, -0.2) is 34.0 Å². The standard InChI is InChI=1S/C4H10IN2P/c5-6-1-3-7(8)4-2-6/h1-4,8H2. The molecule has 1 aliphatic heterocycles.